The Morgan fingerprint density at radius 1 is 1.20 bits per heavy atom. The topological polar surface area (TPSA) is 99.9 Å². The van der Waals surface area contributed by atoms with Crippen LogP contribution in [0.3, 0.4) is 0 Å². The molecule has 6 nitrogen and oxygen atoms in total. The third kappa shape index (κ3) is 9.30. The summed E-state index contributed by atoms with van der Waals surface area (Å²) in [6, 6.07) is 7.75. The zero-order chi connectivity index (χ0) is 26.2. The third-order valence-electron chi connectivity index (χ3n) is 5.81. The molecule has 1 aliphatic rings. The van der Waals surface area contributed by atoms with Crippen molar-refractivity contribution in [3.63, 3.8) is 0 Å². The number of benzene rings is 1. The van der Waals surface area contributed by atoms with E-state index in [1.807, 2.05) is 50.3 Å². The zero-order valence-electron chi connectivity index (χ0n) is 21.4. The van der Waals surface area contributed by atoms with Gasteiger partial charge in [-0.3, -0.25) is 0 Å². The first-order valence-electron chi connectivity index (χ1n) is 11.9. The number of aliphatic hydroxyl groups is 1. The molecule has 6 N–H and O–H groups in total. The summed E-state index contributed by atoms with van der Waals surface area (Å²) >= 11 is 5.96. The lowest BCUT2D eigenvalue weighted by atomic mass is 10.00. The molecule has 1 aliphatic heterocycles. The molecule has 35 heavy (non-hydrogen) atoms. The molecule has 1 fully saturated rings. The maximum atomic E-state index is 10.7. The fourth-order valence-corrected chi connectivity index (χ4v) is 3.99. The van der Waals surface area contributed by atoms with Crippen LogP contribution in [0.2, 0.25) is 5.02 Å². The molecule has 7 heteroatoms. The highest BCUT2D eigenvalue weighted by atomic mass is 35.5. The molecule has 1 saturated heterocycles. The SMILES string of the molecule is C=C/C(C)=C(\C=C(\C)N)N1CCC(NC(=C)/N=C(\C=C(/N)Cc2ccc(Cl)cc2)C(C)(C)O)CC1. The van der Waals surface area contributed by atoms with Crippen molar-refractivity contribution >= 4 is 17.3 Å². The normalized spacial score (nSPS) is 17.2. The number of likely N-dealkylation sites (tertiary alicyclic amines) is 1. The van der Waals surface area contributed by atoms with Gasteiger partial charge in [-0.2, -0.15) is 0 Å². The van der Waals surface area contributed by atoms with E-state index in [1.54, 1.807) is 19.9 Å². The second-order valence-corrected chi connectivity index (χ2v) is 10.0. The monoisotopic (exact) mass is 497 g/mol. The molecule has 0 bridgehead atoms. The third-order valence-corrected chi connectivity index (χ3v) is 6.06. The fourth-order valence-electron chi connectivity index (χ4n) is 3.86. The van der Waals surface area contributed by atoms with Gasteiger partial charge in [-0.1, -0.05) is 43.0 Å². The summed E-state index contributed by atoms with van der Waals surface area (Å²) in [7, 11) is 0. The summed E-state index contributed by atoms with van der Waals surface area (Å²) in [6.07, 6.45) is 7.96. The molecule has 0 unspecified atom stereocenters. The van der Waals surface area contributed by atoms with Crippen LogP contribution in [0, 0.1) is 0 Å². The van der Waals surface area contributed by atoms with E-state index in [1.165, 1.54) is 0 Å². The van der Waals surface area contributed by atoms with Crippen molar-refractivity contribution < 1.29 is 5.11 Å². The summed E-state index contributed by atoms with van der Waals surface area (Å²) in [4.78, 5) is 6.93. The van der Waals surface area contributed by atoms with E-state index in [0.29, 0.717) is 28.7 Å². The molecule has 0 aliphatic carbocycles. The zero-order valence-corrected chi connectivity index (χ0v) is 22.2. The maximum Gasteiger partial charge on any atom is 0.119 e. The molecule has 0 atom stereocenters. The molecule has 190 valence electrons. The van der Waals surface area contributed by atoms with Crippen LogP contribution in [0.5, 0.6) is 0 Å². The van der Waals surface area contributed by atoms with E-state index in [2.05, 4.69) is 28.4 Å². The summed E-state index contributed by atoms with van der Waals surface area (Å²) in [5.74, 6) is 0.506. The summed E-state index contributed by atoms with van der Waals surface area (Å²) in [5, 5.41) is 14.8. The number of aliphatic imine (C=N–C) groups is 1. The van der Waals surface area contributed by atoms with Gasteiger partial charge in [0.25, 0.3) is 0 Å². The van der Waals surface area contributed by atoms with Crippen molar-refractivity contribution in [3.8, 4) is 0 Å². The van der Waals surface area contributed by atoms with Crippen LogP contribution in [0.1, 0.15) is 46.1 Å². The number of hydrogen-bond acceptors (Lipinski definition) is 6. The van der Waals surface area contributed by atoms with E-state index in [0.717, 1.165) is 48.5 Å². The van der Waals surface area contributed by atoms with E-state index in [9.17, 15) is 5.11 Å². The molecule has 0 aromatic heterocycles. The Kier molecular flexibility index (Phi) is 10.2. The largest absolute Gasteiger partial charge is 0.402 e. The van der Waals surface area contributed by atoms with Gasteiger partial charge < -0.3 is 26.8 Å². The van der Waals surface area contributed by atoms with Crippen LogP contribution < -0.4 is 16.8 Å². The van der Waals surface area contributed by atoms with Crippen LogP contribution >= 0.6 is 11.6 Å². The van der Waals surface area contributed by atoms with Gasteiger partial charge >= 0.3 is 0 Å². The van der Waals surface area contributed by atoms with Gasteiger partial charge in [-0.05, 0) is 76.0 Å². The van der Waals surface area contributed by atoms with Crippen molar-refractivity contribution in [2.24, 2.45) is 16.5 Å². The smallest absolute Gasteiger partial charge is 0.119 e. The van der Waals surface area contributed by atoms with Crippen molar-refractivity contribution in [3.05, 3.63) is 94.7 Å². The van der Waals surface area contributed by atoms with Crippen LogP contribution in [0.4, 0.5) is 0 Å². The Balaban J connectivity index is 2.06. The highest BCUT2D eigenvalue weighted by Crippen LogP contribution is 2.21. The van der Waals surface area contributed by atoms with E-state index < -0.39 is 5.60 Å². The second-order valence-electron chi connectivity index (χ2n) is 9.59. The van der Waals surface area contributed by atoms with E-state index in [-0.39, 0.29) is 6.04 Å². The minimum absolute atomic E-state index is 0.231. The minimum Gasteiger partial charge on any atom is -0.402 e. The lowest BCUT2D eigenvalue weighted by Gasteiger charge is -2.35. The Morgan fingerprint density at radius 3 is 2.31 bits per heavy atom. The van der Waals surface area contributed by atoms with Crippen molar-refractivity contribution in [1.29, 1.82) is 0 Å². The quantitative estimate of drug-likeness (QED) is 0.275. The predicted octanol–water partition coefficient (Wildman–Crippen LogP) is 4.78. The molecule has 0 saturated carbocycles. The fraction of sp³-hybridized carbons (Fsp3) is 0.393. The van der Waals surface area contributed by atoms with Crippen LogP contribution in [-0.4, -0.2) is 40.5 Å². The Hall–Kier alpha value is -2.96. The Bertz CT molecular complexity index is 1020. The van der Waals surface area contributed by atoms with Gasteiger partial charge in [0.1, 0.15) is 11.4 Å². The first-order chi connectivity index (χ1) is 16.4. The molecule has 0 amide bonds. The molecule has 0 spiro atoms. The average molecular weight is 498 g/mol. The van der Waals surface area contributed by atoms with Crippen LogP contribution in [-0.2, 0) is 6.42 Å². The van der Waals surface area contributed by atoms with Gasteiger partial charge in [0.05, 0.1) is 5.71 Å². The number of rotatable bonds is 10. The highest BCUT2D eigenvalue weighted by Gasteiger charge is 2.23. The molecule has 0 radical (unpaired) electrons. The van der Waals surface area contributed by atoms with Gasteiger partial charge in [0.15, 0.2) is 0 Å². The van der Waals surface area contributed by atoms with Gasteiger partial charge in [0, 0.05) is 47.7 Å². The summed E-state index contributed by atoms with van der Waals surface area (Å²) in [6.45, 7) is 17.1. The van der Waals surface area contributed by atoms with Crippen molar-refractivity contribution in [2.45, 2.75) is 58.6 Å². The standard InChI is InChI=1S/C28H40ClN5O/c1-7-19(2)26(16-20(3)30)34-14-12-25(13-15-34)32-21(4)33-27(28(5,6)35)18-24(31)17-22-8-10-23(29)11-9-22/h7-11,16,18,25,32,35H,1,4,12-15,17,30-31H2,2-3,5-6H3/b20-16-,24-18-,26-19+,33-27+. The molecular formula is C28H40ClN5O. The minimum atomic E-state index is -1.17. The summed E-state index contributed by atoms with van der Waals surface area (Å²) in [5.41, 5.74) is 16.1. The number of nitrogens with one attached hydrogen (secondary N) is 1. The molecule has 1 heterocycles. The average Bonchev–Trinajstić information content (AvgIpc) is 2.78. The lowest BCUT2D eigenvalue weighted by Crippen LogP contribution is -2.42. The lowest BCUT2D eigenvalue weighted by molar-refractivity contribution is 0.154. The Morgan fingerprint density at radius 2 is 1.80 bits per heavy atom. The predicted molar refractivity (Wildman–Crippen MR) is 149 cm³/mol. The number of halogens is 1. The molecule has 2 rings (SSSR count). The number of nitrogens with two attached hydrogens (primary N) is 2. The van der Waals surface area contributed by atoms with Crippen LogP contribution in [0.15, 0.2) is 89.1 Å². The molecule has 1 aromatic rings. The Labute approximate surface area is 215 Å². The number of hydrogen-bond donors (Lipinski definition) is 4. The molecule has 1 aromatic carbocycles. The summed E-state index contributed by atoms with van der Waals surface area (Å²) < 4.78 is 0. The first kappa shape index (κ1) is 28.3. The van der Waals surface area contributed by atoms with Gasteiger partial charge in [0.2, 0.25) is 0 Å². The van der Waals surface area contributed by atoms with Crippen molar-refractivity contribution in [1.82, 2.24) is 10.2 Å². The number of piperidine rings is 1. The van der Waals surface area contributed by atoms with E-state index >= 15 is 0 Å². The van der Waals surface area contributed by atoms with Crippen LogP contribution in [0.25, 0.3) is 0 Å². The number of nitrogens with zero attached hydrogens (tertiary/aromatic N) is 2. The van der Waals surface area contributed by atoms with Crippen molar-refractivity contribution in [2.75, 3.05) is 13.1 Å². The van der Waals surface area contributed by atoms with E-state index in [4.69, 9.17) is 23.1 Å². The first-order valence-corrected chi connectivity index (χ1v) is 12.3. The second kappa shape index (κ2) is 12.7. The number of allylic oxidation sites excluding steroid dienone is 5. The highest BCUT2D eigenvalue weighted by molar-refractivity contribution is 6.30. The van der Waals surface area contributed by atoms with Gasteiger partial charge in [-0.15, -0.1) is 0 Å². The van der Waals surface area contributed by atoms with Gasteiger partial charge in [-0.25, -0.2) is 4.99 Å². The molecular weight excluding hydrogens is 458 g/mol. The maximum absolute atomic E-state index is 10.7.